The second kappa shape index (κ2) is 2.19. The number of imidazole rings is 1. The average Bonchev–Trinajstić information content (AvgIpc) is 2.99. The molecule has 2 fully saturated rings. The Labute approximate surface area is 76.9 Å². The maximum atomic E-state index is 5.89. The highest BCUT2D eigenvalue weighted by Gasteiger charge is 2.34. The summed E-state index contributed by atoms with van der Waals surface area (Å²) < 4.78 is 1.59. The molecular weight excluding hydrogens is 164 g/mol. The van der Waals surface area contributed by atoms with Crippen LogP contribution in [-0.2, 0) is 0 Å². The number of anilines is 1. The first-order valence-corrected chi connectivity index (χ1v) is 4.90. The summed E-state index contributed by atoms with van der Waals surface area (Å²) in [5.41, 5.74) is 6.93. The van der Waals surface area contributed by atoms with Crippen molar-refractivity contribution in [2.75, 3.05) is 11.6 Å². The summed E-state index contributed by atoms with van der Waals surface area (Å²) in [4.78, 5) is 4.55. The molecule has 13 heavy (non-hydrogen) atoms. The highest BCUT2D eigenvalue weighted by atomic mass is 15.4. The number of rotatable bonds is 2. The van der Waals surface area contributed by atoms with E-state index in [-0.39, 0.29) is 0 Å². The van der Waals surface area contributed by atoms with Gasteiger partial charge >= 0.3 is 0 Å². The van der Waals surface area contributed by atoms with Crippen LogP contribution in [0.3, 0.4) is 0 Å². The molecule has 2 saturated carbocycles. The molecule has 0 spiro atoms. The van der Waals surface area contributed by atoms with Gasteiger partial charge in [0.05, 0.1) is 5.69 Å². The third-order valence-electron chi connectivity index (χ3n) is 2.91. The minimum Gasteiger partial charge on any atom is -0.382 e. The minimum atomic E-state index is 0.583. The van der Waals surface area contributed by atoms with Crippen LogP contribution in [0, 0.1) is 0 Å². The van der Waals surface area contributed by atoms with Crippen molar-refractivity contribution in [3.8, 4) is 0 Å². The van der Waals surface area contributed by atoms with E-state index in [4.69, 9.17) is 11.6 Å². The number of nitrogens with zero attached hydrogens (tertiary/aromatic N) is 2. The van der Waals surface area contributed by atoms with Crippen molar-refractivity contribution >= 4 is 5.82 Å². The van der Waals surface area contributed by atoms with Crippen LogP contribution in [-0.4, -0.2) is 9.66 Å². The maximum Gasteiger partial charge on any atom is 0.146 e. The van der Waals surface area contributed by atoms with Crippen LogP contribution in [0.4, 0.5) is 5.82 Å². The number of hydrogen-bond donors (Lipinski definition) is 2. The molecule has 0 saturated heterocycles. The molecule has 0 bridgehead atoms. The van der Waals surface area contributed by atoms with Crippen molar-refractivity contribution < 1.29 is 0 Å². The van der Waals surface area contributed by atoms with Crippen LogP contribution in [0.2, 0.25) is 0 Å². The Morgan fingerprint density at radius 2 is 1.77 bits per heavy atom. The van der Waals surface area contributed by atoms with E-state index in [1.165, 1.54) is 25.7 Å². The summed E-state index contributed by atoms with van der Waals surface area (Å²) in [6, 6.07) is 0. The number of nitrogens with two attached hydrogens (primary N) is 2. The molecule has 1 heterocycles. The highest BCUT2D eigenvalue weighted by Crippen LogP contribution is 2.45. The fraction of sp³-hybridized carbons (Fsp3) is 0.667. The highest BCUT2D eigenvalue weighted by molar-refractivity contribution is 5.43. The van der Waals surface area contributed by atoms with Gasteiger partial charge in [0, 0.05) is 11.8 Å². The molecule has 1 aromatic heterocycles. The Hall–Kier alpha value is -1.19. The van der Waals surface area contributed by atoms with E-state index < -0.39 is 0 Å². The van der Waals surface area contributed by atoms with Crippen molar-refractivity contribution in [2.45, 2.75) is 37.5 Å². The summed E-state index contributed by atoms with van der Waals surface area (Å²) in [6.07, 6.45) is 4.89. The van der Waals surface area contributed by atoms with Gasteiger partial charge in [-0.15, -0.1) is 0 Å². The van der Waals surface area contributed by atoms with E-state index in [1.54, 1.807) is 4.68 Å². The van der Waals surface area contributed by atoms with Crippen molar-refractivity contribution in [3.63, 3.8) is 0 Å². The van der Waals surface area contributed by atoms with Gasteiger partial charge in [0.15, 0.2) is 0 Å². The first-order valence-electron chi connectivity index (χ1n) is 4.90. The molecule has 0 radical (unpaired) electrons. The van der Waals surface area contributed by atoms with Crippen molar-refractivity contribution in [1.82, 2.24) is 9.66 Å². The molecular formula is C9H14N4. The molecule has 1 aromatic rings. The van der Waals surface area contributed by atoms with Crippen LogP contribution in [0.1, 0.15) is 49.0 Å². The molecule has 2 aliphatic carbocycles. The molecule has 0 atom stereocenters. The molecule has 4 heteroatoms. The van der Waals surface area contributed by atoms with Crippen LogP contribution in [0.15, 0.2) is 0 Å². The molecule has 4 N–H and O–H groups in total. The first kappa shape index (κ1) is 7.24. The fourth-order valence-electron chi connectivity index (χ4n) is 1.77. The van der Waals surface area contributed by atoms with E-state index in [1.807, 2.05) is 0 Å². The Morgan fingerprint density at radius 1 is 1.15 bits per heavy atom. The number of nitrogen functional groups attached to an aromatic ring is 2. The van der Waals surface area contributed by atoms with Gasteiger partial charge in [0.25, 0.3) is 0 Å². The lowest BCUT2D eigenvalue weighted by atomic mass is 10.3. The Balaban J connectivity index is 2.04. The van der Waals surface area contributed by atoms with Crippen LogP contribution < -0.4 is 11.6 Å². The van der Waals surface area contributed by atoms with Gasteiger partial charge in [-0.1, -0.05) is 0 Å². The van der Waals surface area contributed by atoms with Gasteiger partial charge in [-0.05, 0) is 25.7 Å². The predicted molar refractivity (Wildman–Crippen MR) is 50.7 cm³/mol. The third-order valence-corrected chi connectivity index (χ3v) is 2.91. The summed E-state index contributed by atoms with van der Waals surface area (Å²) in [6.45, 7) is 0. The van der Waals surface area contributed by atoms with Crippen molar-refractivity contribution in [1.29, 1.82) is 0 Å². The van der Waals surface area contributed by atoms with Gasteiger partial charge in [-0.2, -0.15) is 0 Å². The molecule has 70 valence electrons. The van der Waals surface area contributed by atoms with E-state index in [0.29, 0.717) is 17.7 Å². The van der Waals surface area contributed by atoms with Crippen molar-refractivity contribution in [2.24, 2.45) is 0 Å². The number of aromatic nitrogens is 2. The Bertz CT molecular complexity index is 314. The van der Waals surface area contributed by atoms with E-state index in [9.17, 15) is 0 Å². The zero-order valence-corrected chi connectivity index (χ0v) is 7.53. The lowest BCUT2D eigenvalue weighted by molar-refractivity contribution is 0.851. The summed E-state index contributed by atoms with van der Waals surface area (Å²) in [7, 11) is 0. The van der Waals surface area contributed by atoms with E-state index >= 15 is 0 Å². The third kappa shape index (κ3) is 1.01. The largest absolute Gasteiger partial charge is 0.382 e. The predicted octanol–water partition coefficient (Wildman–Crippen LogP) is 0.934. The molecule has 0 aliphatic heterocycles. The van der Waals surface area contributed by atoms with Gasteiger partial charge in [-0.25, -0.2) is 9.66 Å². The normalized spacial score (nSPS) is 22.2. The SMILES string of the molecule is Nc1c(C2CC2)nc(C2CC2)n1N. The summed E-state index contributed by atoms with van der Waals surface area (Å²) >= 11 is 0. The second-order valence-corrected chi connectivity index (χ2v) is 4.16. The van der Waals surface area contributed by atoms with Crippen molar-refractivity contribution in [3.05, 3.63) is 11.5 Å². The second-order valence-electron chi connectivity index (χ2n) is 4.16. The van der Waals surface area contributed by atoms with Crippen LogP contribution in [0.5, 0.6) is 0 Å². The van der Waals surface area contributed by atoms with Gasteiger partial charge in [0.1, 0.15) is 11.6 Å². The molecule has 0 unspecified atom stereocenters. The smallest absolute Gasteiger partial charge is 0.146 e. The van der Waals surface area contributed by atoms with Crippen LogP contribution >= 0.6 is 0 Å². The first-order chi connectivity index (χ1) is 6.27. The molecule has 3 rings (SSSR count). The van der Waals surface area contributed by atoms with Gasteiger partial charge in [-0.3, -0.25) is 0 Å². The zero-order valence-electron chi connectivity index (χ0n) is 7.53. The average molecular weight is 178 g/mol. The monoisotopic (exact) mass is 178 g/mol. The summed E-state index contributed by atoms with van der Waals surface area (Å²) in [5.74, 6) is 8.71. The maximum absolute atomic E-state index is 5.89. The molecule has 4 nitrogen and oxygen atoms in total. The topological polar surface area (TPSA) is 69.9 Å². The molecule has 0 aromatic carbocycles. The Kier molecular flexibility index (Phi) is 1.22. The fourth-order valence-corrected chi connectivity index (χ4v) is 1.77. The lowest BCUT2D eigenvalue weighted by Crippen LogP contribution is -2.15. The lowest BCUT2D eigenvalue weighted by Gasteiger charge is -1.99. The quantitative estimate of drug-likeness (QED) is 0.662. The van der Waals surface area contributed by atoms with E-state index in [2.05, 4.69) is 4.98 Å². The van der Waals surface area contributed by atoms with E-state index in [0.717, 1.165) is 11.5 Å². The van der Waals surface area contributed by atoms with Crippen LogP contribution in [0.25, 0.3) is 0 Å². The van der Waals surface area contributed by atoms with Gasteiger partial charge < -0.3 is 11.6 Å². The molecule has 0 amide bonds. The number of hydrogen-bond acceptors (Lipinski definition) is 3. The molecule has 2 aliphatic rings. The standard InChI is InChI=1S/C9H14N4/c10-8-7(5-1-2-5)12-9(13(8)11)6-3-4-6/h5-6H,1-4,10-11H2. The summed E-state index contributed by atoms with van der Waals surface area (Å²) in [5, 5.41) is 0. The zero-order chi connectivity index (χ0) is 9.00. The Morgan fingerprint density at radius 3 is 2.31 bits per heavy atom. The minimum absolute atomic E-state index is 0.583. The van der Waals surface area contributed by atoms with Gasteiger partial charge in [0.2, 0.25) is 0 Å².